The molecule has 3 rings (SSSR count). The molecule has 0 radical (unpaired) electrons. The smallest absolute Gasteiger partial charge is 0.340 e. The molecule has 1 saturated carbocycles. The second kappa shape index (κ2) is 13.0. The zero-order valence-electron chi connectivity index (χ0n) is 19.5. The number of halogens is 2. The molecule has 1 aliphatic carbocycles. The van der Waals surface area contributed by atoms with Crippen molar-refractivity contribution in [3.63, 3.8) is 0 Å². The lowest BCUT2D eigenvalue weighted by molar-refractivity contribution is -0.157. The predicted molar refractivity (Wildman–Crippen MR) is 130 cm³/mol. The van der Waals surface area contributed by atoms with Gasteiger partial charge in [0.05, 0.1) is 25.4 Å². The summed E-state index contributed by atoms with van der Waals surface area (Å²) in [5.41, 5.74) is 0. The molecule has 7 atom stereocenters. The van der Waals surface area contributed by atoms with Gasteiger partial charge < -0.3 is 29.5 Å². The summed E-state index contributed by atoms with van der Waals surface area (Å²) in [5.74, 6) is -1.47. The van der Waals surface area contributed by atoms with Crippen LogP contribution in [0, 0.1) is 17.8 Å². The number of carbonyl (C=O) groups is 2. The lowest BCUT2D eigenvalue weighted by Gasteiger charge is -2.21. The second-order valence-corrected chi connectivity index (χ2v) is 9.97. The number of hydrogen-bond donors (Lipinski definition) is 3. The fourth-order valence-electron chi connectivity index (χ4n) is 4.67. The van der Waals surface area contributed by atoms with Crippen LogP contribution in [0.3, 0.4) is 0 Å². The molecule has 0 amide bonds. The Morgan fingerprint density at radius 3 is 2.60 bits per heavy atom. The third-order valence-electron chi connectivity index (χ3n) is 6.52. The molecule has 35 heavy (non-hydrogen) atoms. The van der Waals surface area contributed by atoms with Gasteiger partial charge in [0.1, 0.15) is 18.5 Å². The van der Waals surface area contributed by atoms with Gasteiger partial charge in [-0.2, -0.15) is 0 Å². The topological polar surface area (TPSA) is 123 Å². The van der Waals surface area contributed by atoms with Gasteiger partial charge in [-0.15, -0.1) is 0 Å². The maximum Gasteiger partial charge on any atom is 0.340 e. The Hall–Kier alpha value is -1.68. The van der Waals surface area contributed by atoms with E-state index in [2.05, 4.69) is 0 Å². The van der Waals surface area contributed by atoms with Crippen molar-refractivity contribution in [1.82, 2.24) is 0 Å². The fourth-order valence-corrected chi connectivity index (χ4v) is 5.18. The van der Waals surface area contributed by atoms with Crippen molar-refractivity contribution in [2.24, 2.45) is 17.8 Å². The maximum absolute atomic E-state index is 11.8. The third kappa shape index (κ3) is 7.90. The molecule has 194 valence electrons. The standard InChI is InChI=1S/C25H32Cl2O8/c1-2-21(29)24(25(31)32)35-12-14-3-5-20-19(22(30)10-23(20)34-11-14)6-4-17(28)13-33-18-8-15(26)7-16(27)9-18/h4,6-9,14,17,19-20,22-24,28,30H,2-3,5,10-13H2,1H3,(H,31,32)/b6-4+/t14-,17-,19-,20-,22-,23+,24?/m1/s1. The summed E-state index contributed by atoms with van der Waals surface area (Å²) >= 11 is 11.9. The SMILES string of the molecule is CCC(=O)C(OC[C@@H]1CC[C@@H]2[C@@H](/C=C/[C@@H](O)COc3cc(Cl)cc(Cl)c3)[C@H](O)C[C@@H]2OC1)C(=O)O. The van der Waals surface area contributed by atoms with Gasteiger partial charge in [-0.05, 0) is 37.0 Å². The number of Topliss-reactive ketones (excluding diaryl/α,β-unsaturated/α-hetero) is 1. The molecule has 1 aromatic rings. The number of aliphatic hydroxyl groups excluding tert-OH is 2. The number of hydrogen-bond acceptors (Lipinski definition) is 7. The van der Waals surface area contributed by atoms with Crippen molar-refractivity contribution in [2.75, 3.05) is 19.8 Å². The van der Waals surface area contributed by atoms with Crippen molar-refractivity contribution in [3.05, 3.63) is 40.4 Å². The minimum atomic E-state index is -1.45. The summed E-state index contributed by atoms with van der Waals surface area (Å²) in [6.45, 7) is 2.10. The van der Waals surface area contributed by atoms with Crippen LogP contribution in [-0.4, -0.2) is 71.3 Å². The molecule has 0 aromatic heterocycles. The number of fused-ring (bicyclic) bond motifs is 1. The zero-order chi connectivity index (χ0) is 25.5. The van der Waals surface area contributed by atoms with Crippen LogP contribution >= 0.6 is 23.2 Å². The van der Waals surface area contributed by atoms with E-state index in [1.54, 1.807) is 31.2 Å². The summed E-state index contributed by atoms with van der Waals surface area (Å²) in [5, 5.41) is 31.0. The first-order valence-corrected chi connectivity index (χ1v) is 12.6. The van der Waals surface area contributed by atoms with Crippen LogP contribution < -0.4 is 4.74 Å². The van der Waals surface area contributed by atoms with E-state index in [-0.39, 0.29) is 43.5 Å². The van der Waals surface area contributed by atoms with Gasteiger partial charge in [-0.1, -0.05) is 42.3 Å². The lowest BCUT2D eigenvalue weighted by atomic mass is 9.87. The van der Waals surface area contributed by atoms with Crippen molar-refractivity contribution in [2.45, 2.75) is 57.0 Å². The molecule has 1 aliphatic heterocycles. The predicted octanol–water partition coefficient (Wildman–Crippen LogP) is 3.53. The molecular weight excluding hydrogens is 499 g/mol. The number of carboxylic acid groups (broad SMARTS) is 1. The summed E-state index contributed by atoms with van der Waals surface area (Å²) in [7, 11) is 0. The molecule has 10 heteroatoms. The van der Waals surface area contributed by atoms with Crippen LogP contribution in [0.2, 0.25) is 10.0 Å². The van der Waals surface area contributed by atoms with E-state index in [1.165, 1.54) is 0 Å². The second-order valence-electron chi connectivity index (χ2n) is 9.10. The van der Waals surface area contributed by atoms with Gasteiger partial charge in [0, 0.05) is 34.7 Å². The van der Waals surface area contributed by atoms with Crippen LogP contribution in [0.25, 0.3) is 0 Å². The molecule has 1 saturated heterocycles. The molecule has 2 fully saturated rings. The third-order valence-corrected chi connectivity index (χ3v) is 6.96. The number of ether oxygens (including phenoxy) is 3. The van der Waals surface area contributed by atoms with Crippen molar-refractivity contribution >= 4 is 35.0 Å². The van der Waals surface area contributed by atoms with E-state index < -0.39 is 30.1 Å². The van der Waals surface area contributed by atoms with Crippen LogP contribution in [0.5, 0.6) is 5.75 Å². The van der Waals surface area contributed by atoms with E-state index in [0.717, 1.165) is 6.42 Å². The van der Waals surface area contributed by atoms with Gasteiger partial charge in [-0.3, -0.25) is 4.79 Å². The fraction of sp³-hybridized carbons (Fsp3) is 0.600. The van der Waals surface area contributed by atoms with Gasteiger partial charge in [0.15, 0.2) is 5.78 Å². The molecule has 2 aliphatic rings. The number of carbonyl (C=O) groups excluding carboxylic acids is 1. The lowest BCUT2D eigenvalue weighted by Crippen LogP contribution is -2.34. The molecule has 8 nitrogen and oxygen atoms in total. The molecule has 1 unspecified atom stereocenters. The normalized spacial score (nSPS) is 28.3. The highest BCUT2D eigenvalue weighted by molar-refractivity contribution is 6.34. The number of benzene rings is 1. The Morgan fingerprint density at radius 2 is 1.94 bits per heavy atom. The Balaban J connectivity index is 1.52. The quantitative estimate of drug-likeness (QED) is 0.293. The number of aliphatic carboxylic acids is 1. The monoisotopic (exact) mass is 530 g/mol. The first-order chi connectivity index (χ1) is 16.7. The maximum atomic E-state index is 11.8. The molecule has 0 spiro atoms. The van der Waals surface area contributed by atoms with E-state index in [4.69, 9.17) is 37.4 Å². The first kappa shape index (κ1) is 27.9. The minimum absolute atomic E-state index is 0.00121. The molecule has 0 bridgehead atoms. The van der Waals surface area contributed by atoms with E-state index in [0.29, 0.717) is 35.2 Å². The van der Waals surface area contributed by atoms with E-state index in [9.17, 15) is 24.9 Å². The summed E-state index contributed by atoms with van der Waals surface area (Å²) in [6.07, 6.45) is 2.39. The van der Waals surface area contributed by atoms with Crippen LogP contribution in [0.4, 0.5) is 0 Å². The zero-order valence-corrected chi connectivity index (χ0v) is 21.0. The molecular formula is C25H32Cl2O8. The van der Waals surface area contributed by atoms with Crippen LogP contribution in [-0.2, 0) is 19.1 Å². The van der Waals surface area contributed by atoms with Gasteiger partial charge in [0.2, 0.25) is 6.10 Å². The molecule has 1 heterocycles. The van der Waals surface area contributed by atoms with E-state index in [1.807, 2.05) is 6.08 Å². The average molecular weight is 531 g/mol. The molecule has 3 N–H and O–H groups in total. The number of rotatable bonds is 11. The van der Waals surface area contributed by atoms with Crippen molar-refractivity contribution in [1.29, 1.82) is 0 Å². The Kier molecular flexibility index (Phi) is 10.4. The highest BCUT2D eigenvalue weighted by Crippen LogP contribution is 2.41. The largest absolute Gasteiger partial charge is 0.490 e. The van der Waals surface area contributed by atoms with Crippen molar-refractivity contribution in [3.8, 4) is 5.75 Å². The van der Waals surface area contributed by atoms with Crippen LogP contribution in [0.1, 0.15) is 32.6 Å². The van der Waals surface area contributed by atoms with Crippen molar-refractivity contribution < 1.29 is 39.1 Å². The van der Waals surface area contributed by atoms with Gasteiger partial charge in [-0.25, -0.2) is 4.79 Å². The van der Waals surface area contributed by atoms with Crippen LogP contribution in [0.15, 0.2) is 30.4 Å². The number of carboxylic acids is 1. The Morgan fingerprint density at radius 1 is 1.23 bits per heavy atom. The number of ketones is 1. The van der Waals surface area contributed by atoms with Gasteiger partial charge >= 0.3 is 5.97 Å². The summed E-state index contributed by atoms with van der Waals surface area (Å²) < 4.78 is 17.0. The average Bonchev–Trinajstić information content (AvgIpc) is 2.96. The highest BCUT2D eigenvalue weighted by atomic mass is 35.5. The Labute approximate surface area is 214 Å². The highest BCUT2D eigenvalue weighted by Gasteiger charge is 2.43. The minimum Gasteiger partial charge on any atom is -0.490 e. The number of aliphatic hydroxyl groups is 2. The first-order valence-electron chi connectivity index (χ1n) is 11.8. The Bertz CT molecular complexity index is 887. The summed E-state index contributed by atoms with van der Waals surface area (Å²) in [4.78, 5) is 23.1. The molecule has 1 aromatic carbocycles. The summed E-state index contributed by atoms with van der Waals surface area (Å²) in [6, 6.07) is 4.80. The van der Waals surface area contributed by atoms with Gasteiger partial charge in [0.25, 0.3) is 0 Å². The van der Waals surface area contributed by atoms with E-state index >= 15 is 0 Å².